The third-order valence-corrected chi connectivity index (χ3v) is 4.17. The maximum Gasteiger partial charge on any atom is 0.345 e. The molecule has 0 radical (unpaired) electrons. The molecule has 1 atom stereocenters. The molecule has 0 bridgehead atoms. The fraction of sp³-hybridized carbons (Fsp3) is 0.0625. The molecule has 108 valence electrons. The van der Waals surface area contributed by atoms with E-state index in [4.69, 9.17) is 4.74 Å². The summed E-state index contributed by atoms with van der Waals surface area (Å²) in [7, 11) is -0.224. The number of rotatable bonds is 5. The Morgan fingerprint density at radius 1 is 1.10 bits per heavy atom. The van der Waals surface area contributed by atoms with Crippen LogP contribution in [0.3, 0.4) is 0 Å². The van der Waals surface area contributed by atoms with Gasteiger partial charge < -0.3 is 9.84 Å². The van der Waals surface area contributed by atoms with Gasteiger partial charge in [0, 0.05) is 4.90 Å². The molecule has 2 aromatic carbocycles. The first-order chi connectivity index (χ1) is 10.1. The van der Waals surface area contributed by atoms with E-state index in [1.54, 1.807) is 48.5 Å². The minimum atomic E-state index is -1.76. The summed E-state index contributed by atoms with van der Waals surface area (Å²) in [5.41, 5.74) is 0.691. The lowest BCUT2D eigenvalue weighted by Gasteiger charge is -2.05. The van der Waals surface area contributed by atoms with Gasteiger partial charge in [-0.3, -0.25) is 0 Å². The normalized spacial score (nSPS) is 12.7. The smallest absolute Gasteiger partial charge is 0.345 e. The molecule has 0 fully saturated rings. The SMILES string of the molecule is COc1ccc(S(=O)/C(=C\c2ccccc2)C(=O)O)cc1. The highest BCUT2D eigenvalue weighted by atomic mass is 32.2. The van der Waals surface area contributed by atoms with Gasteiger partial charge in [0.2, 0.25) is 0 Å². The highest BCUT2D eigenvalue weighted by Crippen LogP contribution is 2.20. The lowest BCUT2D eigenvalue weighted by molar-refractivity contribution is -0.131. The molecular formula is C16H14O4S. The number of methoxy groups -OCH3 is 1. The standard InChI is InChI=1S/C16H14O4S/c1-20-13-7-9-14(10-8-13)21(19)15(16(17)18)11-12-5-3-2-4-6-12/h2-11H,1H3,(H,17,18)/b15-11-. The van der Waals surface area contributed by atoms with Gasteiger partial charge in [0.15, 0.2) is 0 Å². The van der Waals surface area contributed by atoms with Crippen molar-refractivity contribution in [2.45, 2.75) is 4.90 Å². The predicted molar refractivity (Wildman–Crippen MR) is 81.5 cm³/mol. The average molecular weight is 302 g/mol. The molecule has 0 aliphatic heterocycles. The maximum absolute atomic E-state index is 12.4. The van der Waals surface area contributed by atoms with Crippen LogP contribution >= 0.6 is 0 Å². The van der Waals surface area contributed by atoms with Crippen LogP contribution < -0.4 is 4.74 Å². The molecule has 4 nitrogen and oxygen atoms in total. The largest absolute Gasteiger partial charge is 0.497 e. The van der Waals surface area contributed by atoms with Crippen LogP contribution in [-0.2, 0) is 15.6 Å². The number of carboxylic acids is 1. The highest BCUT2D eigenvalue weighted by Gasteiger charge is 2.17. The Balaban J connectivity index is 2.36. The minimum absolute atomic E-state index is 0.161. The first-order valence-electron chi connectivity index (χ1n) is 6.17. The molecule has 0 aromatic heterocycles. The van der Waals surface area contributed by atoms with Gasteiger partial charge in [-0.05, 0) is 35.9 Å². The zero-order chi connectivity index (χ0) is 15.2. The average Bonchev–Trinajstić information content (AvgIpc) is 2.53. The van der Waals surface area contributed by atoms with Crippen molar-refractivity contribution in [3.8, 4) is 5.75 Å². The molecule has 0 aliphatic rings. The second-order valence-corrected chi connectivity index (χ2v) is 5.62. The van der Waals surface area contributed by atoms with Crippen LogP contribution in [-0.4, -0.2) is 22.4 Å². The van der Waals surface area contributed by atoms with E-state index >= 15 is 0 Å². The van der Waals surface area contributed by atoms with Gasteiger partial charge in [-0.15, -0.1) is 0 Å². The van der Waals surface area contributed by atoms with Gasteiger partial charge in [0.1, 0.15) is 10.7 Å². The van der Waals surface area contributed by atoms with Crippen LogP contribution in [0.25, 0.3) is 6.08 Å². The first kappa shape index (κ1) is 15.0. The van der Waals surface area contributed by atoms with Crippen molar-refractivity contribution in [3.63, 3.8) is 0 Å². The van der Waals surface area contributed by atoms with Crippen molar-refractivity contribution < 1.29 is 18.8 Å². The summed E-state index contributed by atoms with van der Waals surface area (Å²) in [5.74, 6) is -0.576. The summed E-state index contributed by atoms with van der Waals surface area (Å²) in [5, 5.41) is 9.28. The zero-order valence-corrected chi connectivity index (χ0v) is 12.2. The van der Waals surface area contributed by atoms with Crippen molar-refractivity contribution in [1.82, 2.24) is 0 Å². The van der Waals surface area contributed by atoms with Crippen molar-refractivity contribution in [2.75, 3.05) is 7.11 Å². The molecule has 0 saturated heterocycles. The number of carbonyl (C=O) groups is 1. The first-order valence-corrected chi connectivity index (χ1v) is 7.32. The predicted octanol–water partition coefficient (Wildman–Crippen LogP) is 2.93. The zero-order valence-electron chi connectivity index (χ0n) is 11.4. The molecular weight excluding hydrogens is 288 g/mol. The molecule has 2 rings (SSSR count). The lowest BCUT2D eigenvalue weighted by atomic mass is 10.2. The fourth-order valence-corrected chi connectivity index (χ4v) is 2.76. The Morgan fingerprint density at radius 2 is 1.71 bits per heavy atom. The van der Waals surface area contributed by atoms with E-state index in [2.05, 4.69) is 0 Å². The molecule has 1 N–H and O–H groups in total. The number of ether oxygens (including phenoxy) is 1. The lowest BCUT2D eigenvalue weighted by Crippen LogP contribution is -2.07. The Labute approximate surface area is 125 Å². The number of hydrogen-bond acceptors (Lipinski definition) is 3. The molecule has 2 aromatic rings. The van der Waals surface area contributed by atoms with E-state index in [9.17, 15) is 14.1 Å². The number of benzene rings is 2. The molecule has 1 unspecified atom stereocenters. The molecule has 0 amide bonds. The molecule has 5 heteroatoms. The summed E-state index contributed by atoms with van der Waals surface area (Å²) in [6.07, 6.45) is 1.42. The monoisotopic (exact) mass is 302 g/mol. The third-order valence-electron chi connectivity index (χ3n) is 2.78. The van der Waals surface area contributed by atoms with E-state index < -0.39 is 16.8 Å². The summed E-state index contributed by atoms with van der Waals surface area (Å²) in [4.78, 5) is 11.6. The third kappa shape index (κ3) is 3.79. The molecule has 0 saturated carbocycles. The molecule has 0 spiro atoms. The Morgan fingerprint density at radius 3 is 2.24 bits per heavy atom. The van der Waals surface area contributed by atoms with Crippen molar-refractivity contribution in [3.05, 3.63) is 65.1 Å². The number of carboxylic acid groups (broad SMARTS) is 1. The fourth-order valence-electron chi connectivity index (χ4n) is 1.72. The Hall–Kier alpha value is -2.40. The van der Waals surface area contributed by atoms with E-state index in [-0.39, 0.29) is 4.91 Å². The molecule has 0 heterocycles. The summed E-state index contributed by atoms with van der Waals surface area (Å²) in [6.45, 7) is 0. The van der Waals surface area contributed by atoms with Crippen molar-refractivity contribution >= 4 is 22.8 Å². The van der Waals surface area contributed by atoms with Crippen LogP contribution in [0, 0.1) is 0 Å². The van der Waals surface area contributed by atoms with Crippen LogP contribution in [0.4, 0.5) is 0 Å². The number of aliphatic carboxylic acids is 1. The van der Waals surface area contributed by atoms with Gasteiger partial charge >= 0.3 is 5.97 Å². The van der Waals surface area contributed by atoms with E-state index in [1.165, 1.54) is 13.2 Å². The summed E-state index contributed by atoms with van der Waals surface area (Å²) < 4.78 is 17.4. The molecule has 21 heavy (non-hydrogen) atoms. The second kappa shape index (κ2) is 6.85. The van der Waals surface area contributed by atoms with Crippen molar-refractivity contribution in [2.24, 2.45) is 0 Å². The number of hydrogen-bond donors (Lipinski definition) is 1. The van der Waals surface area contributed by atoms with Gasteiger partial charge in [-0.2, -0.15) is 0 Å². The quantitative estimate of drug-likeness (QED) is 0.863. The van der Waals surface area contributed by atoms with Gasteiger partial charge in [-0.1, -0.05) is 30.3 Å². The van der Waals surface area contributed by atoms with Crippen LogP contribution in [0.2, 0.25) is 0 Å². The highest BCUT2D eigenvalue weighted by molar-refractivity contribution is 7.90. The minimum Gasteiger partial charge on any atom is -0.497 e. The van der Waals surface area contributed by atoms with Crippen LogP contribution in [0.15, 0.2) is 64.4 Å². The van der Waals surface area contributed by atoms with E-state index in [0.29, 0.717) is 16.2 Å². The maximum atomic E-state index is 12.4. The van der Waals surface area contributed by atoms with E-state index in [1.807, 2.05) is 6.07 Å². The van der Waals surface area contributed by atoms with Crippen molar-refractivity contribution in [1.29, 1.82) is 0 Å². The van der Waals surface area contributed by atoms with Crippen LogP contribution in [0.1, 0.15) is 5.56 Å². The van der Waals surface area contributed by atoms with Gasteiger partial charge in [-0.25, -0.2) is 9.00 Å². The van der Waals surface area contributed by atoms with Crippen LogP contribution in [0.5, 0.6) is 5.75 Å². The summed E-state index contributed by atoms with van der Waals surface area (Å²) >= 11 is 0. The van der Waals surface area contributed by atoms with Gasteiger partial charge in [0.25, 0.3) is 0 Å². The topological polar surface area (TPSA) is 63.6 Å². The van der Waals surface area contributed by atoms with E-state index in [0.717, 1.165) is 0 Å². The second-order valence-electron chi connectivity index (χ2n) is 4.17. The Bertz CT molecular complexity index is 675. The summed E-state index contributed by atoms with van der Waals surface area (Å²) in [6, 6.07) is 15.4. The Kier molecular flexibility index (Phi) is 4.90. The van der Waals surface area contributed by atoms with Gasteiger partial charge in [0.05, 0.1) is 17.9 Å². The molecule has 0 aliphatic carbocycles.